The summed E-state index contributed by atoms with van der Waals surface area (Å²) in [6.45, 7) is 1.12. The number of benzene rings is 2. The molecular weight excluding hydrogens is 382 g/mol. The molecule has 1 fully saturated rings. The molecule has 0 saturated carbocycles. The van der Waals surface area contributed by atoms with E-state index in [0.29, 0.717) is 11.3 Å². The van der Waals surface area contributed by atoms with Gasteiger partial charge in [0.1, 0.15) is 6.54 Å². The second kappa shape index (κ2) is 8.05. The Bertz CT molecular complexity index is 1000. The Morgan fingerprint density at radius 1 is 1.21 bits per heavy atom. The van der Waals surface area contributed by atoms with Crippen LogP contribution in [-0.4, -0.2) is 33.4 Å². The molecule has 1 aliphatic heterocycles. The highest BCUT2D eigenvalue weighted by Crippen LogP contribution is 2.32. The van der Waals surface area contributed by atoms with Crippen molar-refractivity contribution in [2.45, 2.75) is 6.92 Å². The Morgan fingerprint density at radius 2 is 1.93 bits per heavy atom. The molecule has 1 aliphatic rings. The van der Waals surface area contributed by atoms with Gasteiger partial charge >= 0.3 is 0 Å². The van der Waals surface area contributed by atoms with Crippen LogP contribution < -0.4 is 5.32 Å². The highest BCUT2D eigenvalue weighted by atomic mass is 32.2. The Labute approximate surface area is 164 Å². The number of rotatable bonds is 5. The minimum absolute atomic E-state index is 0.0602. The molecule has 0 bridgehead atoms. The molecule has 1 saturated heterocycles. The zero-order valence-electron chi connectivity index (χ0n) is 14.7. The Balaban J connectivity index is 1.68. The minimum atomic E-state index is -0.573. The summed E-state index contributed by atoms with van der Waals surface area (Å²) in [4.78, 5) is 48.2. The molecule has 1 heterocycles. The average molecular weight is 397 g/mol. The van der Waals surface area contributed by atoms with E-state index >= 15 is 0 Å². The van der Waals surface area contributed by atoms with Gasteiger partial charge in [-0.2, -0.15) is 0 Å². The number of nitrogens with one attached hydrogen (secondary N) is 1. The second-order valence-electron chi connectivity index (χ2n) is 5.99. The van der Waals surface area contributed by atoms with E-state index in [1.807, 2.05) is 18.2 Å². The number of anilines is 1. The van der Waals surface area contributed by atoms with Crippen molar-refractivity contribution in [2.24, 2.45) is 0 Å². The molecule has 28 heavy (non-hydrogen) atoms. The van der Waals surface area contributed by atoms with Crippen molar-refractivity contribution in [3.63, 3.8) is 0 Å². The number of aryl methyl sites for hydroxylation is 1. The van der Waals surface area contributed by atoms with E-state index < -0.39 is 28.5 Å². The van der Waals surface area contributed by atoms with E-state index in [1.165, 1.54) is 18.2 Å². The van der Waals surface area contributed by atoms with Gasteiger partial charge in [-0.1, -0.05) is 30.3 Å². The number of imide groups is 1. The van der Waals surface area contributed by atoms with Crippen LogP contribution in [0.15, 0.2) is 53.4 Å². The first-order valence-electron chi connectivity index (χ1n) is 8.20. The molecule has 9 heteroatoms. The van der Waals surface area contributed by atoms with E-state index in [2.05, 4.69) is 5.32 Å². The van der Waals surface area contributed by atoms with Gasteiger partial charge in [-0.25, -0.2) is 0 Å². The van der Waals surface area contributed by atoms with Gasteiger partial charge in [0.05, 0.1) is 9.83 Å². The fourth-order valence-corrected chi connectivity index (χ4v) is 3.46. The monoisotopic (exact) mass is 397 g/mol. The smallest absolute Gasteiger partial charge is 0.294 e. The van der Waals surface area contributed by atoms with E-state index in [-0.39, 0.29) is 10.6 Å². The van der Waals surface area contributed by atoms with Crippen molar-refractivity contribution in [3.05, 3.63) is 74.7 Å². The third-order valence-corrected chi connectivity index (χ3v) is 4.86. The van der Waals surface area contributed by atoms with Crippen molar-refractivity contribution in [1.29, 1.82) is 0 Å². The predicted octanol–water partition coefficient (Wildman–Crippen LogP) is 3.58. The van der Waals surface area contributed by atoms with Gasteiger partial charge in [0.2, 0.25) is 5.91 Å². The number of nitrogens with zero attached hydrogens (tertiary/aromatic N) is 2. The third-order valence-electron chi connectivity index (χ3n) is 3.95. The lowest BCUT2D eigenvalue weighted by molar-refractivity contribution is -0.385. The SMILES string of the molecule is Cc1cc(NC(=O)CN2C(=O)S/C(=C/c3ccccc3)C2=O)ccc1[N+](=O)[O-]. The van der Waals surface area contributed by atoms with Gasteiger partial charge in [0, 0.05) is 17.3 Å². The fourth-order valence-electron chi connectivity index (χ4n) is 2.62. The summed E-state index contributed by atoms with van der Waals surface area (Å²) in [6, 6.07) is 13.2. The first-order chi connectivity index (χ1) is 13.3. The summed E-state index contributed by atoms with van der Waals surface area (Å²) in [7, 11) is 0. The van der Waals surface area contributed by atoms with Gasteiger partial charge in [0.25, 0.3) is 16.8 Å². The highest BCUT2D eigenvalue weighted by Gasteiger charge is 2.36. The van der Waals surface area contributed by atoms with Crippen molar-refractivity contribution in [1.82, 2.24) is 4.90 Å². The number of hydrogen-bond donors (Lipinski definition) is 1. The molecule has 0 aromatic heterocycles. The fraction of sp³-hybridized carbons (Fsp3) is 0.105. The van der Waals surface area contributed by atoms with Crippen LogP contribution in [-0.2, 0) is 9.59 Å². The molecule has 3 amide bonds. The highest BCUT2D eigenvalue weighted by molar-refractivity contribution is 8.18. The van der Waals surface area contributed by atoms with Crippen LogP contribution in [0.25, 0.3) is 6.08 Å². The van der Waals surface area contributed by atoms with Crippen molar-refractivity contribution < 1.29 is 19.3 Å². The maximum Gasteiger partial charge on any atom is 0.294 e. The van der Waals surface area contributed by atoms with Crippen LogP contribution in [0.1, 0.15) is 11.1 Å². The number of thioether (sulfide) groups is 1. The lowest BCUT2D eigenvalue weighted by Crippen LogP contribution is -2.36. The van der Waals surface area contributed by atoms with E-state index in [9.17, 15) is 24.5 Å². The number of carbonyl (C=O) groups is 3. The summed E-state index contributed by atoms with van der Waals surface area (Å²) >= 11 is 0.776. The standard InChI is InChI=1S/C19H15N3O5S/c1-12-9-14(7-8-15(12)22(26)27)20-17(23)11-21-18(24)16(28-19(21)25)10-13-5-3-2-4-6-13/h2-10H,11H2,1H3,(H,20,23)/b16-10+. The Hall–Kier alpha value is -3.46. The number of carbonyl (C=O) groups excluding carboxylic acids is 3. The first-order valence-corrected chi connectivity index (χ1v) is 9.02. The normalized spacial score (nSPS) is 15.2. The van der Waals surface area contributed by atoms with Gasteiger partial charge < -0.3 is 5.32 Å². The zero-order valence-corrected chi connectivity index (χ0v) is 15.6. The second-order valence-corrected chi connectivity index (χ2v) is 6.98. The summed E-state index contributed by atoms with van der Waals surface area (Å²) in [5.41, 5.74) is 1.45. The first kappa shape index (κ1) is 19.3. The van der Waals surface area contributed by atoms with Crippen LogP contribution in [0, 0.1) is 17.0 Å². The zero-order chi connectivity index (χ0) is 20.3. The number of nitro benzene ring substituents is 1. The van der Waals surface area contributed by atoms with E-state index in [4.69, 9.17) is 0 Å². The van der Waals surface area contributed by atoms with Crippen molar-refractivity contribution >= 4 is 46.3 Å². The molecule has 0 unspecified atom stereocenters. The molecule has 0 spiro atoms. The van der Waals surface area contributed by atoms with Gasteiger partial charge in [-0.05, 0) is 42.5 Å². The van der Waals surface area contributed by atoms with Crippen LogP contribution in [0.3, 0.4) is 0 Å². The number of amides is 3. The summed E-state index contributed by atoms with van der Waals surface area (Å²) in [5.74, 6) is -1.11. The Kier molecular flexibility index (Phi) is 5.55. The molecule has 2 aromatic carbocycles. The summed E-state index contributed by atoms with van der Waals surface area (Å²) in [6.07, 6.45) is 1.60. The molecular formula is C19H15N3O5S. The van der Waals surface area contributed by atoms with Gasteiger partial charge in [0.15, 0.2) is 0 Å². The van der Waals surface area contributed by atoms with Crippen LogP contribution in [0.2, 0.25) is 0 Å². The molecule has 8 nitrogen and oxygen atoms in total. The quantitative estimate of drug-likeness (QED) is 0.469. The molecule has 0 radical (unpaired) electrons. The van der Waals surface area contributed by atoms with E-state index in [0.717, 1.165) is 22.2 Å². The van der Waals surface area contributed by atoms with Crippen molar-refractivity contribution in [3.8, 4) is 0 Å². The maximum absolute atomic E-state index is 12.4. The summed E-state index contributed by atoms with van der Waals surface area (Å²) < 4.78 is 0. The molecule has 142 valence electrons. The molecule has 0 atom stereocenters. The maximum atomic E-state index is 12.4. The molecule has 0 aliphatic carbocycles. The van der Waals surface area contributed by atoms with Gasteiger partial charge in [-0.3, -0.25) is 29.4 Å². The predicted molar refractivity (Wildman–Crippen MR) is 106 cm³/mol. The summed E-state index contributed by atoms with van der Waals surface area (Å²) in [5, 5.41) is 12.9. The van der Waals surface area contributed by atoms with Crippen LogP contribution >= 0.6 is 11.8 Å². The lowest BCUT2D eigenvalue weighted by atomic mass is 10.2. The number of hydrogen-bond acceptors (Lipinski definition) is 6. The molecule has 3 rings (SSSR count). The van der Waals surface area contributed by atoms with Crippen LogP contribution in [0.4, 0.5) is 16.2 Å². The average Bonchev–Trinajstić information content (AvgIpc) is 2.89. The Morgan fingerprint density at radius 3 is 2.57 bits per heavy atom. The van der Waals surface area contributed by atoms with Gasteiger partial charge in [-0.15, -0.1) is 0 Å². The van der Waals surface area contributed by atoms with Crippen LogP contribution in [0.5, 0.6) is 0 Å². The molecule has 2 aromatic rings. The molecule has 1 N–H and O–H groups in total. The number of nitro groups is 1. The minimum Gasteiger partial charge on any atom is -0.325 e. The largest absolute Gasteiger partial charge is 0.325 e. The third kappa shape index (κ3) is 4.26. The lowest BCUT2D eigenvalue weighted by Gasteiger charge is -2.12. The van der Waals surface area contributed by atoms with E-state index in [1.54, 1.807) is 25.1 Å². The van der Waals surface area contributed by atoms with Crippen molar-refractivity contribution in [2.75, 3.05) is 11.9 Å². The topological polar surface area (TPSA) is 110 Å².